The Morgan fingerprint density at radius 2 is 2.28 bits per heavy atom. The molecular formula is C11H12ClN5O. The Hall–Kier alpha value is -1.66. The lowest BCUT2D eigenvalue weighted by Gasteiger charge is -2.21. The minimum absolute atomic E-state index is 0.453. The molecule has 1 aliphatic rings. The summed E-state index contributed by atoms with van der Waals surface area (Å²) < 4.78 is 0. The van der Waals surface area contributed by atoms with Crippen molar-refractivity contribution in [2.24, 2.45) is 0 Å². The summed E-state index contributed by atoms with van der Waals surface area (Å²) in [6.07, 6.45) is 3.76. The Labute approximate surface area is 109 Å². The monoisotopic (exact) mass is 265 g/mol. The lowest BCUT2D eigenvalue weighted by molar-refractivity contribution is 0.0559. The molecule has 0 radical (unpaired) electrons. The highest BCUT2D eigenvalue weighted by Gasteiger charge is 2.40. The van der Waals surface area contributed by atoms with E-state index in [0.717, 1.165) is 12.4 Å². The number of hydrogen-bond donors (Lipinski definition) is 2. The molecule has 7 heteroatoms. The average molecular weight is 266 g/mol. The third-order valence-electron chi connectivity index (χ3n) is 3.18. The van der Waals surface area contributed by atoms with Gasteiger partial charge in [0.1, 0.15) is 17.1 Å². The lowest BCUT2D eigenvalue weighted by atomic mass is 10.0. The molecule has 1 saturated heterocycles. The average Bonchev–Trinajstić information content (AvgIpc) is 3.00. The van der Waals surface area contributed by atoms with Gasteiger partial charge in [0.2, 0.25) is 0 Å². The van der Waals surface area contributed by atoms with E-state index in [0.29, 0.717) is 23.7 Å². The Bertz CT molecular complexity index is 529. The normalized spacial score (nSPS) is 23.6. The van der Waals surface area contributed by atoms with Crippen molar-refractivity contribution < 1.29 is 5.11 Å². The number of aliphatic hydroxyl groups is 1. The van der Waals surface area contributed by atoms with Crippen molar-refractivity contribution in [2.75, 3.05) is 18.0 Å². The molecule has 0 aliphatic carbocycles. The van der Waals surface area contributed by atoms with Crippen LogP contribution in [0, 0.1) is 0 Å². The molecule has 0 bridgehead atoms. The molecule has 6 nitrogen and oxygen atoms in total. The molecule has 1 aliphatic heterocycles. The minimum atomic E-state index is -0.964. The number of H-pyrrole nitrogens is 1. The molecule has 2 N–H and O–H groups in total. The Morgan fingerprint density at radius 1 is 1.39 bits per heavy atom. The van der Waals surface area contributed by atoms with Crippen LogP contribution >= 0.6 is 11.6 Å². The van der Waals surface area contributed by atoms with Gasteiger partial charge in [-0.2, -0.15) is 15.4 Å². The van der Waals surface area contributed by atoms with Crippen LogP contribution in [0.5, 0.6) is 0 Å². The van der Waals surface area contributed by atoms with Gasteiger partial charge in [-0.25, -0.2) is 4.98 Å². The summed E-state index contributed by atoms with van der Waals surface area (Å²) in [5, 5.41) is 21.3. The minimum Gasteiger partial charge on any atom is -0.381 e. The fourth-order valence-electron chi connectivity index (χ4n) is 2.18. The zero-order chi connectivity index (χ0) is 12.6. The number of β-amino-alcohol motifs (C(OH)–C–C–N with tert-alkyl or cyclic N) is 1. The molecular weight excluding hydrogens is 254 g/mol. The number of nitrogens with one attached hydrogen (secondary N) is 1. The van der Waals surface area contributed by atoms with E-state index < -0.39 is 5.60 Å². The number of rotatable bonds is 2. The van der Waals surface area contributed by atoms with Gasteiger partial charge < -0.3 is 10.0 Å². The molecule has 0 saturated carbocycles. The second-order valence-electron chi connectivity index (χ2n) is 4.39. The molecule has 1 atom stereocenters. The quantitative estimate of drug-likeness (QED) is 0.845. The summed E-state index contributed by atoms with van der Waals surface area (Å²) in [5.41, 5.74) is -0.395. The van der Waals surface area contributed by atoms with Crippen molar-refractivity contribution in [3.05, 3.63) is 35.2 Å². The van der Waals surface area contributed by atoms with Crippen LogP contribution in [0.15, 0.2) is 24.5 Å². The van der Waals surface area contributed by atoms with E-state index in [9.17, 15) is 5.11 Å². The van der Waals surface area contributed by atoms with Crippen molar-refractivity contribution in [3.8, 4) is 0 Å². The summed E-state index contributed by atoms with van der Waals surface area (Å²) in [6, 6.07) is 3.63. The first-order valence-corrected chi connectivity index (χ1v) is 6.00. The molecule has 18 heavy (non-hydrogen) atoms. The third-order valence-corrected chi connectivity index (χ3v) is 3.40. The van der Waals surface area contributed by atoms with Crippen LogP contribution < -0.4 is 4.90 Å². The van der Waals surface area contributed by atoms with Crippen molar-refractivity contribution in [1.82, 2.24) is 20.4 Å². The Morgan fingerprint density at radius 3 is 2.94 bits per heavy atom. The molecule has 1 fully saturated rings. The zero-order valence-electron chi connectivity index (χ0n) is 9.54. The van der Waals surface area contributed by atoms with Crippen LogP contribution in [0.25, 0.3) is 0 Å². The van der Waals surface area contributed by atoms with E-state index in [2.05, 4.69) is 20.4 Å². The van der Waals surface area contributed by atoms with E-state index in [-0.39, 0.29) is 0 Å². The van der Waals surface area contributed by atoms with E-state index in [1.54, 1.807) is 18.5 Å². The number of anilines is 1. The van der Waals surface area contributed by atoms with Crippen LogP contribution in [-0.4, -0.2) is 38.6 Å². The molecule has 3 heterocycles. The predicted molar refractivity (Wildman–Crippen MR) is 66.4 cm³/mol. The first kappa shape index (κ1) is 11.4. The maximum absolute atomic E-state index is 10.5. The number of nitrogens with zero attached hydrogens (tertiary/aromatic N) is 4. The van der Waals surface area contributed by atoms with Gasteiger partial charge in [0.25, 0.3) is 0 Å². The van der Waals surface area contributed by atoms with Gasteiger partial charge in [0.15, 0.2) is 0 Å². The SMILES string of the molecule is O[C@@]1(c2cn[nH]n2)CCN(c2ccc(Cl)cn2)C1. The number of aromatic nitrogens is 4. The third kappa shape index (κ3) is 1.93. The summed E-state index contributed by atoms with van der Waals surface area (Å²) in [7, 11) is 0. The summed E-state index contributed by atoms with van der Waals surface area (Å²) in [5.74, 6) is 0.804. The van der Waals surface area contributed by atoms with Gasteiger partial charge in [0, 0.05) is 19.2 Å². The van der Waals surface area contributed by atoms with Gasteiger partial charge in [0.05, 0.1) is 17.8 Å². The molecule has 0 unspecified atom stereocenters. The van der Waals surface area contributed by atoms with Crippen LogP contribution in [0.2, 0.25) is 5.02 Å². The summed E-state index contributed by atoms with van der Waals surface area (Å²) in [4.78, 5) is 6.25. The van der Waals surface area contributed by atoms with Crippen molar-refractivity contribution in [2.45, 2.75) is 12.0 Å². The lowest BCUT2D eigenvalue weighted by Crippen LogP contribution is -2.31. The van der Waals surface area contributed by atoms with Crippen LogP contribution in [0.4, 0.5) is 5.82 Å². The van der Waals surface area contributed by atoms with E-state index in [4.69, 9.17) is 11.6 Å². The van der Waals surface area contributed by atoms with Crippen LogP contribution in [0.3, 0.4) is 0 Å². The van der Waals surface area contributed by atoms with E-state index in [1.165, 1.54) is 0 Å². The van der Waals surface area contributed by atoms with Gasteiger partial charge in [-0.3, -0.25) is 0 Å². The van der Waals surface area contributed by atoms with E-state index in [1.807, 2.05) is 11.0 Å². The first-order chi connectivity index (χ1) is 8.67. The number of hydrogen-bond acceptors (Lipinski definition) is 5. The highest BCUT2D eigenvalue weighted by molar-refractivity contribution is 6.30. The second-order valence-corrected chi connectivity index (χ2v) is 4.83. The Kier molecular flexibility index (Phi) is 2.68. The van der Waals surface area contributed by atoms with Crippen LogP contribution in [0.1, 0.15) is 12.1 Å². The molecule has 0 aromatic carbocycles. The fraction of sp³-hybridized carbons (Fsp3) is 0.364. The smallest absolute Gasteiger partial charge is 0.129 e. The fourth-order valence-corrected chi connectivity index (χ4v) is 2.29. The largest absolute Gasteiger partial charge is 0.381 e. The Balaban J connectivity index is 1.81. The maximum Gasteiger partial charge on any atom is 0.129 e. The molecule has 2 aromatic heterocycles. The summed E-state index contributed by atoms with van der Waals surface area (Å²) in [6.45, 7) is 1.17. The number of halogens is 1. The summed E-state index contributed by atoms with van der Waals surface area (Å²) >= 11 is 5.80. The molecule has 3 rings (SSSR count). The van der Waals surface area contributed by atoms with Crippen molar-refractivity contribution in [3.63, 3.8) is 0 Å². The molecule has 0 amide bonds. The van der Waals surface area contributed by atoms with Gasteiger partial charge in [-0.15, -0.1) is 0 Å². The van der Waals surface area contributed by atoms with Crippen LogP contribution in [-0.2, 0) is 5.60 Å². The number of pyridine rings is 1. The molecule has 94 valence electrons. The van der Waals surface area contributed by atoms with Crippen molar-refractivity contribution >= 4 is 17.4 Å². The molecule has 0 spiro atoms. The molecule has 2 aromatic rings. The predicted octanol–water partition coefficient (Wildman–Crippen LogP) is 0.951. The van der Waals surface area contributed by atoms with Gasteiger partial charge in [-0.1, -0.05) is 11.6 Å². The van der Waals surface area contributed by atoms with Crippen molar-refractivity contribution in [1.29, 1.82) is 0 Å². The standard InChI is InChI=1S/C11H12ClN5O/c12-8-1-2-10(13-5-8)17-4-3-11(18,7-17)9-6-14-16-15-9/h1-2,5-6,18H,3-4,7H2,(H,14,15,16)/t11-/m0/s1. The number of aromatic amines is 1. The van der Waals surface area contributed by atoms with Gasteiger partial charge in [-0.05, 0) is 12.1 Å². The highest BCUT2D eigenvalue weighted by atomic mass is 35.5. The van der Waals surface area contributed by atoms with Gasteiger partial charge >= 0.3 is 0 Å². The van der Waals surface area contributed by atoms with E-state index >= 15 is 0 Å². The zero-order valence-corrected chi connectivity index (χ0v) is 10.3. The second kappa shape index (κ2) is 4.22. The maximum atomic E-state index is 10.5. The first-order valence-electron chi connectivity index (χ1n) is 5.62. The topological polar surface area (TPSA) is 77.9 Å². The highest BCUT2D eigenvalue weighted by Crippen LogP contribution is 2.32.